The molecule has 1 aromatic carbocycles. The van der Waals surface area contributed by atoms with Crippen molar-refractivity contribution in [3.63, 3.8) is 0 Å². The average Bonchev–Trinajstić information content (AvgIpc) is 2.38. The van der Waals surface area contributed by atoms with Gasteiger partial charge in [0.15, 0.2) is 0 Å². The Bertz CT molecular complexity index is 400. The minimum absolute atomic E-state index is 0.148. The molecule has 2 N–H and O–H groups in total. The zero-order valence-electron chi connectivity index (χ0n) is 12.4. The SMILES string of the molecule is CC(CN)CC(=O)N(C)Cc1ccc(N(C)C)cc1. The Hall–Kier alpha value is -1.55. The van der Waals surface area contributed by atoms with Crippen molar-refractivity contribution in [1.82, 2.24) is 4.90 Å². The molecule has 0 fully saturated rings. The summed E-state index contributed by atoms with van der Waals surface area (Å²) in [6.07, 6.45) is 0.517. The number of rotatable bonds is 6. The van der Waals surface area contributed by atoms with Gasteiger partial charge in [-0.15, -0.1) is 0 Å². The normalized spacial score (nSPS) is 12.1. The van der Waals surface area contributed by atoms with Crippen molar-refractivity contribution in [3.8, 4) is 0 Å². The van der Waals surface area contributed by atoms with Crippen LogP contribution in [0.1, 0.15) is 18.9 Å². The van der Waals surface area contributed by atoms with Gasteiger partial charge in [0.1, 0.15) is 0 Å². The van der Waals surface area contributed by atoms with Crippen molar-refractivity contribution in [1.29, 1.82) is 0 Å². The summed E-state index contributed by atoms with van der Waals surface area (Å²) < 4.78 is 0. The molecule has 0 saturated carbocycles. The second kappa shape index (κ2) is 7.14. The Morgan fingerprint density at radius 2 is 1.79 bits per heavy atom. The van der Waals surface area contributed by atoms with E-state index in [0.717, 1.165) is 11.3 Å². The lowest BCUT2D eigenvalue weighted by atomic mass is 10.1. The predicted octanol–water partition coefficient (Wildman–Crippen LogP) is 1.70. The monoisotopic (exact) mass is 263 g/mol. The lowest BCUT2D eigenvalue weighted by Gasteiger charge is -2.20. The number of amides is 1. The number of hydrogen-bond donors (Lipinski definition) is 1. The lowest BCUT2D eigenvalue weighted by Crippen LogP contribution is -2.29. The molecule has 0 saturated heterocycles. The molecule has 0 aliphatic heterocycles. The van der Waals surface area contributed by atoms with Crippen molar-refractivity contribution in [2.75, 3.05) is 32.6 Å². The fraction of sp³-hybridized carbons (Fsp3) is 0.533. The van der Waals surface area contributed by atoms with Gasteiger partial charge in [0.25, 0.3) is 0 Å². The van der Waals surface area contributed by atoms with Gasteiger partial charge in [0.2, 0.25) is 5.91 Å². The molecular formula is C15H25N3O. The van der Waals surface area contributed by atoms with Crippen LogP contribution in [0.4, 0.5) is 5.69 Å². The summed E-state index contributed by atoms with van der Waals surface area (Å²) in [4.78, 5) is 15.8. The molecule has 0 heterocycles. The number of carbonyl (C=O) groups excluding carboxylic acids is 1. The molecule has 1 atom stereocenters. The van der Waals surface area contributed by atoms with Gasteiger partial charge in [-0.2, -0.15) is 0 Å². The largest absolute Gasteiger partial charge is 0.378 e. The molecule has 0 aromatic heterocycles. The number of hydrogen-bond acceptors (Lipinski definition) is 3. The van der Waals surface area contributed by atoms with Crippen LogP contribution in [-0.2, 0) is 11.3 Å². The molecule has 0 spiro atoms. The van der Waals surface area contributed by atoms with Gasteiger partial charge in [0, 0.05) is 39.8 Å². The summed E-state index contributed by atoms with van der Waals surface area (Å²) in [6, 6.07) is 8.25. The van der Waals surface area contributed by atoms with Crippen LogP contribution in [0.3, 0.4) is 0 Å². The first-order chi connectivity index (χ1) is 8.93. The van der Waals surface area contributed by atoms with Gasteiger partial charge >= 0.3 is 0 Å². The molecule has 0 aliphatic rings. The van der Waals surface area contributed by atoms with Crippen molar-refractivity contribution < 1.29 is 4.79 Å². The fourth-order valence-electron chi connectivity index (χ4n) is 1.80. The van der Waals surface area contributed by atoms with E-state index in [1.54, 1.807) is 4.90 Å². The Morgan fingerprint density at radius 3 is 2.26 bits per heavy atom. The smallest absolute Gasteiger partial charge is 0.222 e. The van der Waals surface area contributed by atoms with E-state index in [-0.39, 0.29) is 11.8 Å². The number of nitrogens with two attached hydrogens (primary N) is 1. The highest BCUT2D eigenvalue weighted by Gasteiger charge is 2.12. The van der Waals surface area contributed by atoms with Gasteiger partial charge in [-0.1, -0.05) is 19.1 Å². The maximum Gasteiger partial charge on any atom is 0.222 e. The van der Waals surface area contributed by atoms with Crippen LogP contribution in [-0.4, -0.2) is 38.5 Å². The molecule has 1 unspecified atom stereocenters. The van der Waals surface area contributed by atoms with Crippen molar-refractivity contribution in [2.24, 2.45) is 11.7 Å². The van der Waals surface area contributed by atoms with E-state index in [4.69, 9.17) is 5.73 Å². The maximum absolute atomic E-state index is 12.0. The van der Waals surface area contributed by atoms with Gasteiger partial charge in [-0.3, -0.25) is 4.79 Å². The van der Waals surface area contributed by atoms with Crippen molar-refractivity contribution in [3.05, 3.63) is 29.8 Å². The standard InChI is InChI=1S/C15H25N3O/c1-12(10-16)9-15(19)18(4)11-13-5-7-14(8-6-13)17(2)3/h5-8,12H,9-11,16H2,1-4H3. The fourth-order valence-corrected chi connectivity index (χ4v) is 1.80. The quantitative estimate of drug-likeness (QED) is 0.850. The van der Waals surface area contributed by atoms with E-state index in [1.807, 2.05) is 28.1 Å². The summed E-state index contributed by atoms with van der Waals surface area (Å²) >= 11 is 0. The summed E-state index contributed by atoms with van der Waals surface area (Å²) in [5.74, 6) is 0.390. The van der Waals surface area contributed by atoms with E-state index in [0.29, 0.717) is 19.5 Å². The molecule has 4 heteroatoms. The molecule has 106 valence electrons. The number of benzene rings is 1. The first-order valence-electron chi connectivity index (χ1n) is 6.64. The van der Waals surface area contributed by atoms with Gasteiger partial charge in [0.05, 0.1) is 0 Å². The van der Waals surface area contributed by atoms with Crippen LogP contribution in [0.5, 0.6) is 0 Å². The van der Waals surface area contributed by atoms with Crippen molar-refractivity contribution >= 4 is 11.6 Å². The summed E-state index contributed by atoms with van der Waals surface area (Å²) in [5, 5.41) is 0. The third-order valence-electron chi connectivity index (χ3n) is 3.22. The summed E-state index contributed by atoms with van der Waals surface area (Å²) in [6.45, 7) is 3.19. The highest BCUT2D eigenvalue weighted by atomic mass is 16.2. The van der Waals surface area contributed by atoms with Crippen LogP contribution in [0.25, 0.3) is 0 Å². The van der Waals surface area contributed by atoms with E-state index < -0.39 is 0 Å². The predicted molar refractivity (Wildman–Crippen MR) is 80.1 cm³/mol. The van der Waals surface area contributed by atoms with E-state index >= 15 is 0 Å². The molecule has 1 amide bonds. The number of anilines is 1. The topological polar surface area (TPSA) is 49.6 Å². The lowest BCUT2D eigenvalue weighted by molar-refractivity contribution is -0.131. The third kappa shape index (κ3) is 4.91. The number of nitrogens with zero attached hydrogens (tertiary/aromatic N) is 2. The Labute approximate surface area is 116 Å². The molecule has 4 nitrogen and oxygen atoms in total. The van der Waals surface area contributed by atoms with Crippen LogP contribution in [0.15, 0.2) is 24.3 Å². The molecule has 0 aliphatic carbocycles. The highest BCUT2D eigenvalue weighted by molar-refractivity contribution is 5.76. The van der Waals surface area contributed by atoms with Gasteiger partial charge < -0.3 is 15.5 Å². The molecule has 0 radical (unpaired) electrons. The number of carbonyl (C=O) groups is 1. The molecule has 1 rings (SSSR count). The summed E-state index contributed by atoms with van der Waals surface area (Å²) in [7, 11) is 5.86. The van der Waals surface area contributed by atoms with E-state index in [9.17, 15) is 4.79 Å². The van der Waals surface area contributed by atoms with Crippen LogP contribution in [0.2, 0.25) is 0 Å². The minimum Gasteiger partial charge on any atom is -0.378 e. The van der Waals surface area contributed by atoms with E-state index in [1.165, 1.54) is 0 Å². The first kappa shape index (κ1) is 15.5. The molecule has 0 bridgehead atoms. The maximum atomic E-state index is 12.0. The van der Waals surface area contributed by atoms with Gasteiger partial charge in [-0.25, -0.2) is 0 Å². The second-order valence-electron chi connectivity index (χ2n) is 5.36. The minimum atomic E-state index is 0.148. The zero-order chi connectivity index (χ0) is 14.4. The Balaban J connectivity index is 2.56. The summed E-state index contributed by atoms with van der Waals surface area (Å²) in [5.41, 5.74) is 7.84. The zero-order valence-corrected chi connectivity index (χ0v) is 12.4. The third-order valence-corrected chi connectivity index (χ3v) is 3.22. The highest BCUT2D eigenvalue weighted by Crippen LogP contribution is 2.14. The van der Waals surface area contributed by atoms with Crippen LogP contribution < -0.4 is 10.6 Å². The Morgan fingerprint density at radius 1 is 1.21 bits per heavy atom. The molecular weight excluding hydrogens is 238 g/mol. The molecule has 19 heavy (non-hydrogen) atoms. The van der Waals surface area contributed by atoms with Crippen LogP contribution >= 0.6 is 0 Å². The van der Waals surface area contributed by atoms with Crippen molar-refractivity contribution in [2.45, 2.75) is 19.9 Å². The second-order valence-corrected chi connectivity index (χ2v) is 5.36. The Kier molecular flexibility index (Phi) is 5.83. The van der Waals surface area contributed by atoms with Gasteiger partial charge in [-0.05, 0) is 30.2 Å². The average molecular weight is 263 g/mol. The van der Waals surface area contributed by atoms with Crippen LogP contribution in [0, 0.1) is 5.92 Å². The first-order valence-corrected chi connectivity index (χ1v) is 6.64. The molecule has 1 aromatic rings. The van der Waals surface area contributed by atoms with E-state index in [2.05, 4.69) is 29.2 Å².